The predicted molar refractivity (Wildman–Crippen MR) is 114 cm³/mol. The minimum absolute atomic E-state index is 0.0344. The van der Waals surface area contributed by atoms with Gasteiger partial charge in [-0.1, -0.05) is 12.1 Å². The number of anilines is 1. The number of alkyl halides is 3. The van der Waals surface area contributed by atoms with Crippen LogP contribution in [-0.4, -0.2) is 39.8 Å². The monoisotopic (exact) mass is 479 g/mol. The molecule has 12 heteroatoms. The van der Waals surface area contributed by atoms with Crippen molar-refractivity contribution in [1.29, 1.82) is 0 Å². The Kier molecular flexibility index (Phi) is 6.36. The first kappa shape index (κ1) is 22.8. The second kappa shape index (κ2) is 9.22. The van der Waals surface area contributed by atoms with E-state index >= 15 is 0 Å². The van der Waals surface area contributed by atoms with Gasteiger partial charge in [0.15, 0.2) is 0 Å². The number of nitrogens with zero attached hydrogens (tertiary/aromatic N) is 3. The highest BCUT2D eigenvalue weighted by atomic mass is 32.1. The molecular weight excluding hydrogens is 459 g/mol. The van der Waals surface area contributed by atoms with Crippen LogP contribution < -0.4 is 11.1 Å². The van der Waals surface area contributed by atoms with Gasteiger partial charge in [-0.05, 0) is 25.0 Å². The molecule has 0 spiro atoms. The van der Waals surface area contributed by atoms with Crippen LogP contribution in [0.4, 0.5) is 19.2 Å². The van der Waals surface area contributed by atoms with E-state index in [0.29, 0.717) is 35.7 Å². The minimum atomic E-state index is -4.39. The summed E-state index contributed by atoms with van der Waals surface area (Å²) in [6.45, 7) is 0.944. The van der Waals surface area contributed by atoms with Crippen molar-refractivity contribution in [1.82, 2.24) is 20.2 Å². The smallest absolute Gasteiger partial charge is 0.416 e. The highest BCUT2D eigenvalue weighted by Gasteiger charge is 2.31. The molecule has 1 aromatic carbocycles. The molecule has 2 amide bonds. The first-order valence-electron chi connectivity index (χ1n) is 10.1. The van der Waals surface area contributed by atoms with Crippen LogP contribution in [0.3, 0.4) is 0 Å². The van der Waals surface area contributed by atoms with Gasteiger partial charge in [0.05, 0.1) is 29.9 Å². The molecule has 0 saturated carbocycles. The number of likely N-dealkylation sites (tertiary alicyclic amines) is 1. The molecule has 3 N–H and O–H groups in total. The van der Waals surface area contributed by atoms with Gasteiger partial charge in [0, 0.05) is 24.0 Å². The molecule has 0 bridgehead atoms. The lowest BCUT2D eigenvalue weighted by Crippen LogP contribution is -2.45. The Labute approximate surface area is 190 Å². The quantitative estimate of drug-likeness (QED) is 0.578. The molecular formula is C21H20F3N5O3S. The molecule has 0 radical (unpaired) electrons. The van der Waals surface area contributed by atoms with Crippen molar-refractivity contribution < 1.29 is 27.2 Å². The van der Waals surface area contributed by atoms with E-state index in [-0.39, 0.29) is 42.6 Å². The Balaban J connectivity index is 1.32. The average molecular weight is 479 g/mol. The summed E-state index contributed by atoms with van der Waals surface area (Å²) in [6.07, 6.45) is -1.82. The second-order valence-corrected chi connectivity index (χ2v) is 8.52. The van der Waals surface area contributed by atoms with Crippen molar-refractivity contribution in [2.24, 2.45) is 5.92 Å². The Morgan fingerprint density at radius 3 is 2.70 bits per heavy atom. The molecule has 0 aliphatic carbocycles. The van der Waals surface area contributed by atoms with Gasteiger partial charge in [0.25, 0.3) is 11.9 Å². The first-order chi connectivity index (χ1) is 15.7. The fourth-order valence-corrected chi connectivity index (χ4v) is 4.32. The number of hydrogen-bond donors (Lipinski definition) is 2. The van der Waals surface area contributed by atoms with E-state index in [1.54, 1.807) is 10.3 Å². The van der Waals surface area contributed by atoms with Crippen molar-refractivity contribution in [2.75, 3.05) is 18.8 Å². The number of piperidine rings is 1. The van der Waals surface area contributed by atoms with E-state index < -0.39 is 11.7 Å². The molecule has 4 rings (SSSR count). The molecule has 3 heterocycles. The zero-order valence-corrected chi connectivity index (χ0v) is 18.1. The maximum atomic E-state index is 12.7. The Hall–Kier alpha value is -3.41. The maximum Gasteiger partial charge on any atom is 0.416 e. The molecule has 1 atom stereocenters. The van der Waals surface area contributed by atoms with E-state index in [9.17, 15) is 22.8 Å². The molecule has 8 nitrogen and oxygen atoms in total. The summed E-state index contributed by atoms with van der Waals surface area (Å²) in [5.41, 5.74) is 5.80. The van der Waals surface area contributed by atoms with Gasteiger partial charge >= 0.3 is 6.18 Å². The summed E-state index contributed by atoms with van der Waals surface area (Å²) in [6, 6.07) is 4.67. The lowest BCUT2D eigenvalue weighted by molar-refractivity contribution is -0.137. The van der Waals surface area contributed by atoms with Crippen LogP contribution in [0.5, 0.6) is 0 Å². The Morgan fingerprint density at radius 2 is 2.03 bits per heavy atom. The van der Waals surface area contributed by atoms with Gasteiger partial charge < -0.3 is 20.4 Å². The SMILES string of the molecule is Nc1ncc(C(=O)N2CCC[C@H](C(=O)NCc3nc(-c4ccc(C(F)(F)F)cc4)cs3)C2)o1. The van der Waals surface area contributed by atoms with Crippen LogP contribution in [0.2, 0.25) is 0 Å². The number of hydrogen-bond acceptors (Lipinski definition) is 7. The predicted octanol–water partition coefficient (Wildman–Crippen LogP) is 3.57. The number of thiazole rings is 1. The summed E-state index contributed by atoms with van der Waals surface area (Å²) >= 11 is 1.30. The van der Waals surface area contributed by atoms with Crippen LogP contribution in [0.1, 0.15) is 34.0 Å². The highest BCUT2D eigenvalue weighted by molar-refractivity contribution is 7.09. The zero-order chi connectivity index (χ0) is 23.6. The lowest BCUT2D eigenvalue weighted by atomic mass is 9.97. The normalized spacial score (nSPS) is 16.6. The van der Waals surface area contributed by atoms with Crippen molar-refractivity contribution in [2.45, 2.75) is 25.6 Å². The lowest BCUT2D eigenvalue weighted by Gasteiger charge is -2.31. The van der Waals surface area contributed by atoms with Crippen LogP contribution in [0, 0.1) is 5.92 Å². The molecule has 1 saturated heterocycles. The third-order valence-corrected chi connectivity index (χ3v) is 6.14. The van der Waals surface area contributed by atoms with E-state index in [1.807, 2.05) is 0 Å². The van der Waals surface area contributed by atoms with E-state index in [2.05, 4.69) is 15.3 Å². The standard InChI is InChI=1S/C21H20F3N5O3S/c22-21(23,24)14-5-3-12(4-6-14)15-11-33-17(28-15)9-26-18(30)13-2-1-7-29(10-13)19(31)16-8-27-20(25)32-16/h3-6,8,11,13H,1-2,7,9-10H2,(H2,25,27)(H,26,30)/t13-/m0/s1. The maximum absolute atomic E-state index is 12.7. The number of benzene rings is 1. The number of halogens is 3. The second-order valence-electron chi connectivity index (χ2n) is 7.57. The number of nitrogen functional groups attached to an aromatic ring is 1. The number of rotatable bonds is 5. The number of aromatic nitrogens is 2. The van der Waals surface area contributed by atoms with E-state index in [1.165, 1.54) is 29.7 Å². The van der Waals surface area contributed by atoms with E-state index in [4.69, 9.17) is 10.2 Å². The number of carbonyl (C=O) groups is 2. The minimum Gasteiger partial charge on any atom is -0.418 e. The summed E-state index contributed by atoms with van der Waals surface area (Å²) in [4.78, 5) is 34.8. The molecule has 2 aromatic heterocycles. The van der Waals surface area contributed by atoms with E-state index in [0.717, 1.165) is 12.1 Å². The van der Waals surface area contributed by atoms with Gasteiger partial charge in [0.1, 0.15) is 5.01 Å². The van der Waals surface area contributed by atoms with Crippen molar-refractivity contribution in [3.8, 4) is 11.3 Å². The third-order valence-electron chi connectivity index (χ3n) is 5.29. The van der Waals surface area contributed by atoms with Gasteiger partial charge in [-0.3, -0.25) is 9.59 Å². The number of oxazole rings is 1. The summed E-state index contributed by atoms with van der Waals surface area (Å²) < 4.78 is 43.2. The van der Waals surface area contributed by atoms with Crippen molar-refractivity contribution in [3.05, 3.63) is 52.2 Å². The molecule has 33 heavy (non-hydrogen) atoms. The Bertz CT molecular complexity index is 1140. The summed E-state index contributed by atoms with van der Waals surface area (Å²) in [5.74, 6) is -0.905. The molecule has 174 valence electrons. The summed E-state index contributed by atoms with van der Waals surface area (Å²) in [7, 11) is 0. The zero-order valence-electron chi connectivity index (χ0n) is 17.3. The van der Waals surface area contributed by atoms with Crippen molar-refractivity contribution >= 4 is 29.2 Å². The van der Waals surface area contributed by atoms with Gasteiger partial charge in [-0.2, -0.15) is 13.2 Å². The topological polar surface area (TPSA) is 114 Å². The fourth-order valence-electron chi connectivity index (χ4n) is 3.58. The van der Waals surface area contributed by atoms with Crippen LogP contribution >= 0.6 is 11.3 Å². The largest absolute Gasteiger partial charge is 0.418 e. The Morgan fingerprint density at radius 1 is 1.27 bits per heavy atom. The molecule has 3 aromatic rings. The highest BCUT2D eigenvalue weighted by Crippen LogP contribution is 2.31. The van der Waals surface area contributed by atoms with Gasteiger partial charge in [-0.15, -0.1) is 11.3 Å². The first-order valence-corrected chi connectivity index (χ1v) is 11.0. The third kappa shape index (κ3) is 5.33. The van der Waals surface area contributed by atoms with Crippen LogP contribution in [0.25, 0.3) is 11.3 Å². The molecule has 1 aliphatic rings. The summed E-state index contributed by atoms with van der Waals surface area (Å²) in [5, 5.41) is 5.19. The average Bonchev–Trinajstić information content (AvgIpc) is 3.46. The fraction of sp³-hybridized carbons (Fsp3) is 0.333. The van der Waals surface area contributed by atoms with Crippen molar-refractivity contribution in [3.63, 3.8) is 0 Å². The van der Waals surface area contributed by atoms with Crippen LogP contribution in [-0.2, 0) is 17.5 Å². The van der Waals surface area contributed by atoms with Gasteiger partial charge in [-0.25, -0.2) is 9.97 Å². The number of nitrogens with one attached hydrogen (secondary N) is 1. The van der Waals surface area contributed by atoms with Crippen LogP contribution in [0.15, 0.2) is 40.3 Å². The molecule has 0 unspecified atom stereocenters. The number of nitrogens with two attached hydrogens (primary N) is 1. The number of carbonyl (C=O) groups excluding carboxylic acids is 2. The molecule has 1 aliphatic heterocycles. The number of amides is 2. The molecule has 1 fully saturated rings. The van der Waals surface area contributed by atoms with Gasteiger partial charge in [0.2, 0.25) is 11.7 Å².